The molecule has 0 heterocycles. The largest absolute Gasteiger partial charge is 0.481 e. The Hall–Kier alpha value is -3.39. The molecule has 0 aliphatic heterocycles. The number of nitrogens with one attached hydrogen (secondary N) is 2. The van der Waals surface area contributed by atoms with Gasteiger partial charge in [0.05, 0.1) is 6.42 Å². The van der Waals surface area contributed by atoms with Crippen LogP contribution >= 0.6 is 0 Å². The molecule has 0 saturated heterocycles. The molecule has 4 rings (SSSR count). The van der Waals surface area contributed by atoms with E-state index in [0.717, 1.165) is 41.5 Å². The van der Waals surface area contributed by atoms with Gasteiger partial charge in [0.15, 0.2) is 0 Å². The summed E-state index contributed by atoms with van der Waals surface area (Å²) in [5, 5.41) is 14.8. The molecule has 2 aromatic carbocycles. The average molecular weight is 481 g/mol. The standard InChI is InChI=1S/C27H32N2O6/c1-34-14-13-24(26(32)28-23-12-6-7-17(23)15-25(30)31)29-27(33)35-16-22-20-10-4-2-8-18(20)19-9-3-5-11-21(19)22/h2-5,8-11,17,22-24H,6-7,12-16H2,1H3,(H,28,32)(H,29,33)(H,30,31)/t17-,23+,24?/m0/s1. The first-order chi connectivity index (χ1) is 17.0. The molecule has 1 unspecified atom stereocenters. The second-order valence-corrected chi connectivity index (χ2v) is 9.21. The van der Waals surface area contributed by atoms with Crippen molar-refractivity contribution in [2.45, 2.75) is 50.1 Å². The highest BCUT2D eigenvalue weighted by molar-refractivity contribution is 5.86. The summed E-state index contributed by atoms with van der Waals surface area (Å²) in [4.78, 5) is 36.8. The third-order valence-electron chi connectivity index (χ3n) is 6.99. The molecule has 2 amide bonds. The third-order valence-corrected chi connectivity index (χ3v) is 6.99. The van der Waals surface area contributed by atoms with Crippen molar-refractivity contribution in [3.05, 3.63) is 59.7 Å². The Bertz CT molecular complexity index is 1030. The zero-order chi connectivity index (χ0) is 24.8. The number of carbonyl (C=O) groups excluding carboxylic acids is 2. The van der Waals surface area contributed by atoms with Crippen LogP contribution in [0.1, 0.15) is 49.1 Å². The molecule has 35 heavy (non-hydrogen) atoms. The maximum atomic E-state index is 13.0. The van der Waals surface area contributed by atoms with E-state index in [0.29, 0.717) is 0 Å². The second kappa shape index (κ2) is 11.4. The van der Waals surface area contributed by atoms with Gasteiger partial charge in [-0.1, -0.05) is 55.0 Å². The van der Waals surface area contributed by atoms with E-state index in [9.17, 15) is 14.4 Å². The number of fused-ring (bicyclic) bond motifs is 3. The smallest absolute Gasteiger partial charge is 0.407 e. The maximum Gasteiger partial charge on any atom is 0.407 e. The lowest BCUT2D eigenvalue weighted by Crippen LogP contribution is -2.51. The lowest BCUT2D eigenvalue weighted by Gasteiger charge is -2.24. The number of carboxylic acid groups (broad SMARTS) is 1. The summed E-state index contributed by atoms with van der Waals surface area (Å²) in [6, 6.07) is 15.1. The maximum absolute atomic E-state index is 13.0. The van der Waals surface area contributed by atoms with Crippen molar-refractivity contribution >= 4 is 18.0 Å². The van der Waals surface area contributed by atoms with Crippen molar-refractivity contribution in [1.29, 1.82) is 0 Å². The number of hydrogen-bond donors (Lipinski definition) is 3. The number of ether oxygens (including phenoxy) is 2. The van der Waals surface area contributed by atoms with Gasteiger partial charge in [0.25, 0.3) is 0 Å². The van der Waals surface area contributed by atoms with Crippen LogP contribution in [0.3, 0.4) is 0 Å². The van der Waals surface area contributed by atoms with Gasteiger partial charge >= 0.3 is 12.1 Å². The minimum Gasteiger partial charge on any atom is -0.481 e. The predicted octanol–water partition coefficient (Wildman–Crippen LogP) is 3.69. The van der Waals surface area contributed by atoms with Crippen molar-refractivity contribution in [3.8, 4) is 11.1 Å². The highest BCUT2D eigenvalue weighted by atomic mass is 16.5. The molecule has 3 N–H and O–H groups in total. The number of hydrogen-bond acceptors (Lipinski definition) is 5. The monoisotopic (exact) mass is 480 g/mol. The Balaban J connectivity index is 1.37. The van der Waals surface area contributed by atoms with Crippen LogP contribution in [0.5, 0.6) is 0 Å². The van der Waals surface area contributed by atoms with Crippen molar-refractivity contribution < 1.29 is 29.0 Å². The van der Waals surface area contributed by atoms with E-state index in [4.69, 9.17) is 14.6 Å². The molecule has 1 fully saturated rings. The molecule has 0 spiro atoms. The SMILES string of the molecule is COCCC(NC(=O)OCC1c2ccccc2-c2ccccc21)C(=O)N[C@@H]1CCC[C@H]1CC(=O)O. The molecule has 0 radical (unpaired) electrons. The van der Waals surface area contributed by atoms with Crippen LogP contribution in [-0.2, 0) is 19.1 Å². The topological polar surface area (TPSA) is 114 Å². The first-order valence-electron chi connectivity index (χ1n) is 12.1. The fourth-order valence-electron chi connectivity index (χ4n) is 5.27. The van der Waals surface area contributed by atoms with Crippen LogP contribution in [-0.4, -0.2) is 55.5 Å². The van der Waals surface area contributed by atoms with Gasteiger partial charge in [-0.25, -0.2) is 4.79 Å². The van der Waals surface area contributed by atoms with Crippen molar-refractivity contribution in [2.75, 3.05) is 20.3 Å². The number of carbonyl (C=O) groups is 3. The van der Waals surface area contributed by atoms with Crippen LogP contribution < -0.4 is 10.6 Å². The summed E-state index contributed by atoms with van der Waals surface area (Å²) in [5.74, 6) is -1.40. The summed E-state index contributed by atoms with van der Waals surface area (Å²) in [7, 11) is 1.53. The molecule has 2 aliphatic carbocycles. The fraction of sp³-hybridized carbons (Fsp3) is 0.444. The molecule has 0 aromatic heterocycles. The normalized spacial score (nSPS) is 19.5. The molecular weight excluding hydrogens is 448 g/mol. The third kappa shape index (κ3) is 5.82. The van der Waals surface area contributed by atoms with Crippen LogP contribution in [0.25, 0.3) is 11.1 Å². The van der Waals surface area contributed by atoms with Gasteiger partial charge in [-0.05, 0) is 41.0 Å². The van der Waals surface area contributed by atoms with E-state index in [2.05, 4.69) is 22.8 Å². The Morgan fingerprint density at radius 2 is 1.69 bits per heavy atom. The van der Waals surface area contributed by atoms with Gasteiger partial charge in [-0.3, -0.25) is 9.59 Å². The van der Waals surface area contributed by atoms with Gasteiger partial charge in [-0.2, -0.15) is 0 Å². The fourth-order valence-corrected chi connectivity index (χ4v) is 5.27. The Labute approximate surface area is 205 Å². The summed E-state index contributed by atoms with van der Waals surface area (Å²) < 4.78 is 10.7. The summed E-state index contributed by atoms with van der Waals surface area (Å²) >= 11 is 0. The van der Waals surface area contributed by atoms with Crippen molar-refractivity contribution in [2.24, 2.45) is 5.92 Å². The van der Waals surface area contributed by atoms with Crippen molar-refractivity contribution in [1.82, 2.24) is 10.6 Å². The van der Waals surface area contributed by atoms with Crippen LogP contribution in [0.4, 0.5) is 4.79 Å². The highest BCUT2D eigenvalue weighted by Gasteiger charge is 2.33. The summed E-state index contributed by atoms with van der Waals surface area (Å²) in [5.41, 5.74) is 4.51. The molecule has 2 aliphatic rings. The predicted molar refractivity (Wildman–Crippen MR) is 130 cm³/mol. The Kier molecular flexibility index (Phi) is 8.02. The van der Waals surface area contributed by atoms with Crippen LogP contribution in [0.2, 0.25) is 0 Å². The van der Waals surface area contributed by atoms with Crippen molar-refractivity contribution in [3.63, 3.8) is 0 Å². The van der Waals surface area contributed by atoms with E-state index in [-0.39, 0.29) is 49.8 Å². The summed E-state index contributed by atoms with van der Waals surface area (Å²) in [6.07, 6.45) is 1.99. The Morgan fingerprint density at radius 3 is 2.31 bits per heavy atom. The molecule has 8 heteroatoms. The van der Waals surface area contributed by atoms with Gasteiger partial charge in [-0.15, -0.1) is 0 Å². The Morgan fingerprint density at radius 1 is 1.03 bits per heavy atom. The van der Waals surface area contributed by atoms with Crippen LogP contribution in [0, 0.1) is 5.92 Å². The lowest BCUT2D eigenvalue weighted by molar-refractivity contribution is -0.138. The van der Waals surface area contributed by atoms with E-state index in [1.54, 1.807) is 0 Å². The van der Waals surface area contributed by atoms with E-state index in [1.807, 2.05) is 36.4 Å². The van der Waals surface area contributed by atoms with Gasteiger partial charge < -0.3 is 25.2 Å². The first kappa shape index (κ1) is 24.7. The molecule has 186 valence electrons. The molecule has 1 saturated carbocycles. The number of rotatable bonds is 10. The van der Waals surface area contributed by atoms with Crippen LogP contribution in [0.15, 0.2) is 48.5 Å². The number of amides is 2. The second-order valence-electron chi connectivity index (χ2n) is 9.21. The quantitative estimate of drug-likeness (QED) is 0.478. The zero-order valence-electron chi connectivity index (χ0n) is 19.9. The van der Waals surface area contributed by atoms with E-state index in [1.165, 1.54) is 7.11 Å². The number of aliphatic carboxylic acids is 1. The van der Waals surface area contributed by atoms with Gasteiger partial charge in [0.1, 0.15) is 12.6 Å². The minimum absolute atomic E-state index is 0.0213. The molecule has 0 bridgehead atoms. The number of methoxy groups -OCH3 is 1. The lowest BCUT2D eigenvalue weighted by atomic mass is 9.98. The number of carboxylic acids is 1. The molecule has 2 aromatic rings. The average Bonchev–Trinajstić information content (AvgIpc) is 3.41. The minimum atomic E-state index is -0.871. The highest BCUT2D eigenvalue weighted by Crippen LogP contribution is 2.44. The van der Waals surface area contributed by atoms with E-state index >= 15 is 0 Å². The molecule has 8 nitrogen and oxygen atoms in total. The van der Waals surface area contributed by atoms with Gasteiger partial charge in [0.2, 0.25) is 5.91 Å². The summed E-state index contributed by atoms with van der Waals surface area (Å²) in [6.45, 7) is 0.437. The van der Waals surface area contributed by atoms with Gasteiger partial charge in [0, 0.05) is 32.1 Å². The molecule has 3 atom stereocenters. The first-order valence-corrected chi connectivity index (χ1v) is 12.1. The molecular formula is C27H32N2O6. The zero-order valence-corrected chi connectivity index (χ0v) is 19.9. The number of benzene rings is 2. The number of alkyl carbamates (subject to hydrolysis) is 1. The van der Waals surface area contributed by atoms with E-state index < -0.39 is 18.1 Å².